The van der Waals surface area contributed by atoms with Gasteiger partial charge in [0.05, 0.1) is 17.9 Å². The topological polar surface area (TPSA) is 59.0 Å². The van der Waals surface area contributed by atoms with Gasteiger partial charge >= 0.3 is 0 Å². The van der Waals surface area contributed by atoms with Crippen molar-refractivity contribution in [1.82, 2.24) is 15.1 Å². The van der Waals surface area contributed by atoms with Crippen LogP contribution in [0.5, 0.6) is 0 Å². The molecule has 1 rings (SSSR count). The zero-order chi connectivity index (χ0) is 13.0. The number of nitrogens with zero attached hydrogens (tertiary/aromatic N) is 2. The third-order valence-electron chi connectivity index (χ3n) is 2.29. The van der Waals surface area contributed by atoms with Crippen LogP contribution in [-0.2, 0) is 11.8 Å². The van der Waals surface area contributed by atoms with Gasteiger partial charge in [-0.2, -0.15) is 5.10 Å². The average molecular weight is 238 g/mol. The zero-order valence-corrected chi connectivity index (χ0v) is 11.2. The second-order valence-electron chi connectivity index (χ2n) is 4.83. The van der Waals surface area contributed by atoms with Crippen molar-refractivity contribution in [3.63, 3.8) is 0 Å². The van der Waals surface area contributed by atoms with E-state index in [0.717, 1.165) is 11.4 Å². The first-order valence-electron chi connectivity index (χ1n) is 5.97. The van der Waals surface area contributed by atoms with Gasteiger partial charge in [-0.15, -0.1) is 0 Å². The summed E-state index contributed by atoms with van der Waals surface area (Å²) < 4.78 is 1.76. The van der Waals surface area contributed by atoms with Gasteiger partial charge in [-0.3, -0.25) is 9.48 Å². The minimum Gasteiger partial charge on any atom is -0.373 e. The molecular weight excluding hydrogens is 216 g/mol. The van der Waals surface area contributed by atoms with Crippen LogP contribution in [0.2, 0.25) is 0 Å². The summed E-state index contributed by atoms with van der Waals surface area (Å²) in [6.07, 6.45) is 1.90. The normalized spacial score (nSPS) is 11.0. The molecule has 0 saturated carbocycles. The first-order valence-corrected chi connectivity index (χ1v) is 5.97. The molecule has 0 aliphatic heterocycles. The van der Waals surface area contributed by atoms with Crippen molar-refractivity contribution in [3.8, 4) is 0 Å². The number of hydrogen-bond donors (Lipinski definition) is 2. The highest BCUT2D eigenvalue weighted by Gasteiger charge is 2.12. The molecule has 0 unspecified atom stereocenters. The van der Waals surface area contributed by atoms with Gasteiger partial charge in [0.2, 0.25) is 5.91 Å². The maximum atomic E-state index is 11.5. The third kappa shape index (κ3) is 4.09. The number of anilines is 1. The Morgan fingerprint density at radius 1 is 1.41 bits per heavy atom. The summed E-state index contributed by atoms with van der Waals surface area (Å²) in [5.74, 6) is 0.338. The summed E-state index contributed by atoms with van der Waals surface area (Å²) >= 11 is 0. The Balaban J connectivity index is 2.60. The quantitative estimate of drug-likeness (QED) is 0.817. The molecule has 0 aliphatic rings. The highest BCUT2D eigenvalue weighted by atomic mass is 16.1. The second-order valence-corrected chi connectivity index (χ2v) is 4.83. The van der Waals surface area contributed by atoms with E-state index >= 15 is 0 Å². The summed E-state index contributed by atoms with van der Waals surface area (Å²) in [6.45, 7) is 8.34. The molecule has 0 saturated heterocycles. The molecule has 0 bridgehead atoms. The summed E-state index contributed by atoms with van der Waals surface area (Å²) in [5, 5.41) is 10.3. The van der Waals surface area contributed by atoms with Gasteiger partial charge in [-0.1, -0.05) is 13.8 Å². The SMILES string of the molecule is CC(C)NC(=O)CNc1cn(C)nc1C(C)C. The highest BCUT2D eigenvalue weighted by Crippen LogP contribution is 2.21. The van der Waals surface area contributed by atoms with E-state index < -0.39 is 0 Å². The van der Waals surface area contributed by atoms with Crippen molar-refractivity contribution >= 4 is 11.6 Å². The predicted molar refractivity (Wildman–Crippen MR) is 69.1 cm³/mol. The van der Waals surface area contributed by atoms with E-state index in [-0.39, 0.29) is 18.5 Å². The number of aryl methyl sites for hydroxylation is 1. The van der Waals surface area contributed by atoms with Gasteiger partial charge in [0.1, 0.15) is 0 Å². The number of aromatic nitrogens is 2. The number of nitrogens with one attached hydrogen (secondary N) is 2. The molecule has 1 amide bonds. The maximum absolute atomic E-state index is 11.5. The van der Waals surface area contributed by atoms with Crippen LogP contribution in [0.3, 0.4) is 0 Å². The summed E-state index contributed by atoms with van der Waals surface area (Å²) in [7, 11) is 1.88. The van der Waals surface area contributed by atoms with Gasteiger partial charge in [-0.25, -0.2) is 0 Å². The highest BCUT2D eigenvalue weighted by molar-refractivity contribution is 5.81. The van der Waals surface area contributed by atoms with Crippen molar-refractivity contribution in [2.45, 2.75) is 39.7 Å². The number of carbonyl (C=O) groups is 1. The molecule has 0 aliphatic carbocycles. The first-order chi connectivity index (χ1) is 7.90. The van der Waals surface area contributed by atoms with Gasteiger partial charge in [0.25, 0.3) is 0 Å². The van der Waals surface area contributed by atoms with Gasteiger partial charge in [0, 0.05) is 19.3 Å². The van der Waals surface area contributed by atoms with E-state index in [1.807, 2.05) is 27.1 Å². The smallest absolute Gasteiger partial charge is 0.239 e. The molecule has 17 heavy (non-hydrogen) atoms. The fourth-order valence-corrected chi connectivity index (χ4v) is 1.62. The fourth-order valence-electron chi connectivity index (χ4n) is 1.62. The van der Waals surface area contributed by atoms with Gasteiger partial charge < -0.3 is 10.6 Å². The molecule has 96 valence electrons. The van der Waals surface area contributed by atoms with E-state index in [1.54, 1.807) is 4.68 Å². The van der Waals surface area contributed by atoms with Crippen molar-refractivity contribution in [2.75, 3.05) is 11.9 Å². The monoisotopic (exact) mass is 238 g/mol. The van der Waals surface area contributed by atoms with Crippen molar-refractivity contribution in [1.29, 1.82) is 0 Å². The molecule has 5 heteroatoms. The van der Waals surface area contributed by atoms with E-state index in [4.69, 9.17) is 0 Å². The van der Waals surface area contributed by atoms with Gasteiger partial charge in [0.15, 0.2) is 0 Å². The van der Waals surface area contributed by atoms with E-state index in [1.165, 1.54) is 0 Å². The molecule has 5 nitrogen and oxygen atoms in total. The lowest BCUT2D eigenvalue weighted by atomic mass is 10.1. The fraction of sp³-hybridized carbons (Fsp3) is 0.667. The Kier molecular flexibility index (Phi) is 4.54. The van der Waals surface area contributed by atoms with Crippen LogP contribution in [0.25, 0.3) is 0 Å². The summed E-state index contributed by atoms with van der Waals surface area (Å²) in [5.41, 5.74) is 1.92. The second kappa shape index (κ2) is 5.70. The minimum absolute atomic E-state index is 0.00133. The molecule has 1 aromatic rings. The van der Waals surface area contributed by atoms with Crippen molar-refractivity contribution < 1.29 is 4.79 Å². The number of hydrogen-bond acceptors (Lipinski definition) is 3. The number of amides is 1. The standard InChI is InChI=1S/C12H22N4O/c1-8(2)12-10(7-16(5)15-12)13-6-11(17)14-9(3)4/h7-9,13H,6H2,1-5H3,(H,14,17). The largest absolute Gasteiger partial charge is 0.373 e. The third-order valence-corrected chi connectivity index (χ3v) is 2.29. The van der Waals surface area contributed by atoms with Crippen LogP contribution in [0.15, 0.2) is 6.20 Å². The lowest BCUT2D eigenvalue weighted by molar-refractivity contribution is -0.119. The van der Waals surface area contributed by atoms with Crippen LogP contribution in [0.1, 0.15) is 39.3 Å². The van der Waals surface area contributed by atoms with Crippen molar-refractivity contribution in [3.05, 3.63) is 11.9 Å². The summed E-state index contributed by atoms with van der Waals surface area (Å²) in [4.78, 5) is 11.5. The average Bonchev–Trinajstić information content (AvgIpc) is 2.55. The maximum Gasteiger partial charge on any atom is 0.239 e. The zero-order valence-electron chi connectivity index (χ0n) is 11.2. The van der Waals surface area contributed by atoms with E-state index in [2.05, 4.69) is 29.6 Å². The Hall–Kier alpha value is -1.52. The van der Waals surface area contributed by atoms with E-state index in [9.17, 15) is 4.79 Å². The Labute approximate surface area is 103 Å². The van der Waals surface area contributed by atoms with Crippen LogP contribution < -0.4 is 10.6 Å². The molecule has 0 radical (unpaired) electrons. The first kappa shape index (κ1) is 13.5. The molecule has 0 spiro atoms. The van der Waals surface area contributed by atoms with Crippen LogP contribution in [0, 0.1) is 0 Å². The Morgan fingerprint density at radius 3 is 2.59 bits per heavy atom. The van der Waals surface area contributed by atoms with Crippen molar-refractivity contribution in [2.24, 2.45) is 7.05 Å². The van der Waals surface area contributed by atoms with Gasteiger partial charge in [-0.05, 0) is 19.8 Å². The number of rotatable bonds is 5. The molecule has 2 N–H and O–H groups in total. The Bertz CT molecular complexity index is 382. The molecule has 0 atom stereocenters. The number of carbonyl (C=O) groups excluding carboxylic acids is 1. The predicted octanol–water partition coefficient (Wildman–Crippen LogP) is 1.48. The summed E-state index contributed by atoms with van der Waals surface area (Å²) in [6, 6.07) is 0.169. The lowest BCUT2D eigenvalue weighted by Gasteiger charge is -2.10. The molecule has 1 heterocycles. The molecule has 0 fully saturated rings. The van der Waals surface area contributed by atoms with Crippen LogP contribution >= 0.6 is 0 Å². The molecule has 0 aromatic carbocycles. The van der Waals surface area contributed by atoms with Crippen LogP contribution in [0.4, 0.5) is 5.69 Å². The molecular formula is C12H22N4O. The van der Waals surface area contributed by atoms with E-state index in [0.29, 0.717) is 5.92 Å². The minimum atomic E-state index is -0.00133. The molecule has 1 aromatic heterocycles. The Morgan fingerprint density at radius 2 is 2.06 bits per heavy atom. The lowest BCUT2D eigenvalue weighted by Crippen LogP contribution is -2.34. The van der Waals surface area contributed by atoms with Crippen LogP contribution in [-0.4, -0.2) is 28.3 Å².